The molecule has 1 saturated carbocycles. The van der Waals surface area contributed by atoms with Crippen molar-refractivity contribution in [2.45, 2.75) is 90.5 Å². The molecule has 340 valence electrons. The van der Waals surface area contributed by atoms with Crippen LogP contribution in [-0.4, -0.2) is 140 Å². The van der Waals surface area contributed by atoms with Gasteiger partial charge in [0.05, 0.1) is 50.0 Å². The normalized spacial score (nSPS) is 20.3. The van der Waals surface area contributed by atoms with Gasteiger partial charge in [-0.1, -0.05) is 13.0 Å². The predicted molar refractivity (Wildman–Crippen MR) is 230 cm³/mol. The minimum Gasteiger partial charge on any atom is -0.468 e. The molecule has 2 aromatic heterocycles. The second-order valence-corrected chi connectivity index (χ2v) is 18.0. The molecule has 0 N–H and O–H groups in total. The molecular formula is C46H58F2N6O9. The first-order valence-electron chi connectivity index (χ1n) is 22.0. The molecule has 3 saturated heterocycles. The summed E-state index contributed by atoms with van der Waals surface area (Å²) in [6, 6.07) is 5.76. The lowest BCUT2D eigenvalue weighted by Crippen LogP contribution is -2.66. The van der Waals surface area contributed by atoms with Gasteiger partial charge in [0.15, 0.2) is 12.6 Å². The van der Waals surface area contributed by atoms with Crippen LogP contribution in [0.1, 0.15) is 65.9 Å². The van der Waals surface area contributed by atoms with E-state index in [1.165, 1.54) is 13.2 Å². The number of nitrogens with zero attached hydrogens (tertiary/aromatic N) is 6. The molecule has 1 aliphatic carbocycles. The minimum absolute atomic E-state index is 0.00112. The lowest BCUT2D eigenvalue weighted by Gasteiger charge is -2.49. The number of amides is 1. The van der Waals surface area contributed by atoms with Crippen LogP contribution in [0.15, 0.2) is 30.5 Å². The predicted octanol–water partition coefficient (Wildman–Crippen LogP) is 6.70. The highest BCUT2D eigenvalue weighted by atomic mass is 19.1. The van der Waals surface area contributed by atoms with E-state index in [4.69, 9.17) is 48.1 Å². The Labute approximate surface area is 366 Å². The van der Waals surface area contributed by atoms with Crippen LogP contribution in [0, 0.1) is 17.0 Å². The largest absolute Gasteiger partial charge is 0.468 e. The summed E-state index contributed by atoms with van der Waals surface area (Å²) in [6.07, 6.45) is 5.02. The number of carbonyl (C=O) groups excluding carboxylic acids is 2. The molecule has 63 heavy (non-hydrogen) atoms. The number of likely N-dealkylation sites (tertiary alicyclic amines) is 1. The Bertz CT molecular complexity index is 2300. The van der Waals surface area contributed by atoms with Gasteiger partial charge in [-0.2, -0.15) is 9.97 Å². The quantitative estimate of drug-likeness (QED) is 0.0922. The Hall–Kier alpha value is -4.97. The van der Waals surface area contributed by atoms with Crippen LogP contribution in [0.4, 0.5) is 19.4 Å². The monoisotopic (exact) mass is 876 g/mol. The third-order valence-corrected chi connectivity index (χ3v) is 12.2. The zero-order chi connectivity index (χ0) is 44.5. The van der Waals surface area contributed by atoms with Gasteiger partial charge in [0.25, 0.3) is 0 Å². The second kappa shape index (κ2) is 18.6. The summed E-state index contributed by atoms with van der Waals surface area (Å²) in [5, 5.41) is 1.54. The van der Waals surface area contributed by atoms with Crippen molar-refractivity contribution in [1.29, 1.82) is 0 Å². The molecule has 2 unspecified atom stereocenters. The van der Waals surface area contributed by atoms with Crippen molar-refractivity contribution in [3.8, 4) is 23.0 Å². The smallest absolute Gasteiger partial charge is 0.411 e. The van der Waals surface area contributed by atoms with Crippen LogP contribution in [0.3, 0.4) is 0 Å². The maximum absolute atomic E-state index is 17.5. The molecule has 5 heterocycles. The number of fused-ring (bicyclic) bond motifs is 4. The third kappa shape index (κ3) is 9.91. The van der Waals surface area contributed by atoms with Crippen LogP contribution in [0.5, 0.6) is 11.8 Å². The van der Waals surface area contributed by atoms with E-state index >= 15 is 8.78 Å². The molecule has 4 fully saturated rings. The number of pyridine rings is 1. The number of morpholine rings is 1. The van der Waals surface area contributed by atoms with Crippen molar-refractivity contribution in [2.24, 2.45) is 5.41 Å². The average Bonchev–Trinajstić information content (AvgIpc) is 4.02. The first-order chi connectivity index (χ1) is 30.3. The number of ether oxygens (including phenoxy) is 7. The van der Waals surface area contributed by atoms with E-state index in [2.05, 4.69) is 4.90 Å². The number of halogens is 2. The summed E-state index contributed by atoms with van der Waals surface area (Å²) >= 11 is 0. The molecule has 3 aliphatic heterocycles. The molecular weight excluding hydrogens is 819 g/mol. The zero-order valence-electron chi connectivity index (χ0n) is 37.0. The number of hydrogen-bond acceptors (Lipinski definition) is 14. The van der Waals surface area contributed by atoms with Crippen LogP contribution in [0.25, 0.3) is 32.9 Å². The van der Waals surface area contributed by atoms with Crippen molar-refractivity contribution in [1.82, 2.24) is 24.8 Å². The summed E-state index contributed by atoms with van der Waals surface area (Å²) < 4.78 is 72.9. The number of esters is 1. The lowest BCUT2D eigenvalue weighted by molar-refractivity contribution is -0.151. The van der Waals surface area contributed by atoms with Gasteiger partial charge in [-0.3, -0.25) is 9.88 Å². The third-order valence-electron chi connectivity index (χ3n) is 12.2. The second-order valence-electron chi connectivity index (χ2n) is 18.0. The number of aryl methyl sites for hydroxylation is 1. The van der Waals surface area contributed by atoms with E-state index in [1.807, 2.05) is 32.6 Å². The van der Waals surface area contributed by atoms with Gasteiger partial charge in [-0.25, -0.2) is 18.4 Å². The van der Waals surface area contributed by atoms with E-state index in [9.17, 15) is 9.59 Å². The Morgan fingerprint density at radius 3 is 2.41 bits per heavy atom. The van der Waals surface area contributed by atoms with Gasteiger partial charge in [0.2, 0.25) is 0 Å². The Morgan fingerprint density at radius 1 is 1.00 bits per heavy atom. The summed E-state index contributed by atoms with van der Waals surface area (Å²) in [5.74, 6) is -0.648. The van der Waals surface area contributed by atoms with Crippen molar-refractivity contribution in [3.63, 3.8) is 0 Å². The first kappa shape index (κ1) is 44.6. The number of anilines is 1. The number of rotatable bonds is 15. The Morgan fingerprint density at radius 2 is 1.75 bits per heavy atom. The van der Waals surface area contributed by atoms with Crippen LogP contribution < -0.4 is 14.4 Å². The van der Waals surface area contributed by atoms with Gasteiger partial charge in [-0.15, -0.1) is 0 Å². The molecule has 17 heteroatoms. The van der Waals surface area contributed by atoms with Gasteiger partial charge < -0.3 is 43.0 Å². The molecule has 1 amide bonds. The van der Waals surface area contributed by atoms with E-state index < -0.39 is 23.3 Å². The van der Waals surface area contributed by atoms with E-state index in [0.717, 1.165) is 45.3 Å². The van der Waals surface area contributed by atoms with Crippen molar-refractivity contribution >= 4 is 39.6 Å². The number of methoxy groups -OCH3 is 1. The maximum Gasteiger partial charge on any atom is 0.411 e. The van der Waals surface area contributed by atoms with Crippen LogP contribution in [0.2, 0.25) is 0 Å². The van der Waals surface area contributed by atoms with Crippen molar-refractivity contribution in [3.05, 3.63) is 47.7 Å². The first-order valence-corrected chi connectivity index (χ1v) is 22.0. The number of carbonyl (C=O) groups is 2. The standard InChI is InChI=1S/C46H58F2N6O9/c1-7-33-36(47)10-9-28-17-32(62-27-57-6)18-34(38(28)33)40-39(48)41-35(19-49-40)42(53-20-29-22-58-23-30(21-53)54(29)44(56)63-45(3,4)5)51-43(50-41)61-26-46(13-14-46)25-52-15-11-31(12-16-52)60-24-37(55)59-8-2/h9-10,17-19,29-31H,7-8,11-16,20-27H2,1-6H3. The zero-order valence-corrected chi connectivity index (χ0v) is 37.0. The van der Waals surface area contributed by atoms with Gasteiger partial charge in [0, 0.05) is 57.0 Å². The molecule has 4 aromatic rings. The fourth-order valence-electron chi connectivity index (χ4n) is 9.03. The summed E-state index contributed by atoms with van der Waals surface area (Å²) in [5.41, 5.74) is -0.0693. The van der Waals surface area contributed by atoms with Gasteiger partial charge >= 0.3 is 18.1 Å². The lowest BCUT2D eigenvalue weighted by atomic mass is 9.94. The Kier molecular flexibility index (Phi) is 13.2. The highest BCUT2D eigenvalue weighted by Gasteiger charge is 2.46. The number of aromatic nitrogens is 3. The topological polar surface area (TPSA) is 147 Å². The molecule has 0 radical (unpaired) electrons. The highest BCUT2D eigenvalue weighted by molar-refractivity contribution is 6.02. The summed E-state index contributed by atoms with van der Waals surface area (Å²) in [6.45, 7) is 13.4. The van der Waals surface area contributed by atoms with Crippen LogP contribution in [-0.2, 0) is 34.9 Å². The van der Waals surface area contributed by atoms with Crippen molar-refractivity contribution in [2.75, 3.05) is 84.6 Å². The van der Waals surface area contributed by atoms with Gasteiger partial charge in [0.1, 0.15) is 40.8 Å². The molecule has 2 aromatic carbocycles. The fourth-order valence-corrected chi connectivity index (χ4v) is 9.03. The van der Waals surface area contributed by atoms with Gasteiger partial charge in [-0.05, 0) is 94.3 Å². The van der Waals surface area contributed by atoms with E-state index in [1.54, 1.807) is 36.2 Å². The average molecular weight is 877 g/mol. The molecule has 2 atom stereocenters. The van der Waals surface area contributed by atoms with Crippen molar-refractivity contribution < 1.29 is 51.5 Å². The summed E-state index contributed by atoms with van der Waals surface area (Å²) in [7, 11) is 1.51. The number of piperidine rings is 1. The molecule has 8 rings (SSSR count). The number of hydrogen-bond donors (Lipinski definition) is 0. The minimum atomic E-state index is -0.720. The summed E-state index contributed by atoms with van der Waals surface area (Å²) in [4.78, 5) is 45.9. The fraction of sp³-hybridized carbons (Fsp3) is 0.587. The van der Waals surface area contributed by atoms with E-state index in [-0.39, 0.29) is 73.4 Å². The molecule has 4 aliphatic rings. The maximum atomic E-state index is 17.5. The number of benzene rings is 2. The molecule has 0 spiro atoms. The number of piperazine rings is 1. The molecule has 2 bridgehead atoms. The van der Waals surface area contributed by atoms with Crippen LogP contribution >= 0.6 is 0 Å². The van der Waals surface area contributed by atoms with E-state index in [0.29, 0.717) is 71.6 Å². The molecule has 15 nitrogen and oxygen atoms in total. The Balaban J connectivity index is 1.12. The SMILES string of the molecule is CCOC(=O)COC1CCN(CC2(COc3nc(N4CC5COCC(C4)N5C(=O)OC(C)(C)C)c4cnc(-c5cc(OCOC)cc6ccc(F)c(CC)c56)c(F)c4n3)CC2)CC1. The highest BCUT2D eigenvalue weighted by Crippen LogP contribution is 2.47.